The van der Waals surface area contributed by atoms with Gasteiger partial charge in [-0.25, -0.2) is 9.37 Å². The molecule has 0 aliphatic rings. The number of imidazole rings is 1. The number of nitrogens with one attached hydrogen (secondary N) is 1. The Labute approximate surface area is 78.4 Å². The Balaban J connectivity index is 2.60. The lowest BCUT2D eigenvalue weighted by atomic mass is 10.1. The predicted octanol–water partition coefficient (Wildman–Crippen LogP) is 1.33. The number of aliphatic carboxylic acids is 1. The van der Waals surface area contributed by atoms with Crippen LogP contribution in [0.2, 0.25) is 0 Å². The van der Waals surface area contributed by atoms with Gasteiger partial charge in [-0.2, -0.15) is 0 Å². The molecule has 14 heavy (non-hydrogen) atoms. The van der Waals surface area contributed by atoms with Gasteiger partial charge in [0, 0.05) is 0 Å². The molecule has 2 rings (SSSR count). The molecule has 0 amide bonds. The topological polar surface area (TPSA) is 66.0 Å². The Morgan fingerprint density at radius 2 is 2.36 bits per heavy atom. The molecule has 0 saturated heterocycles. The molecule has 1 aromatic heterocycles. The maximum atomic E-state index is 13.1. The number of H-pyrrole nitrogens is 1. The van der Waals surface area contributed by atoms with Crippen LogP contribution >= 0.6 is 0 Å². The molecular formula is C9H7FN2O2. The van der Waals surface area contributed by atoms with Gasteiger partial charge in [0.25, 0.3) is 0 Å². The fourth-order valence-corrected chi connectivity index (χ4v) is 1.36. The lowest BCUT2D eigenvalue weighted by Crippen LogP contribution is -2.01. The van der Waals surface area contributed by atoms with Gasteiger partial charge in [0.15, 0.2) is 0 Å². The molecular weight excluding hydrogens is 187 g/mol. The maximum Gasteiger partial charge on any atom is 0.307 e. The van der Waals surface area contributed by atoms with E-state index in [0.717, 1.165) is 0 Å². The monoisotopic (exact) mass is 194 g/mol. The largest absolute Gasteiger partial charge is 0.481 e. The summed E-state index contributed by atoms with van der Waals surface area (Å²) in [6.45, 7) is 0. The molecule has 1 heterocycles. The Morgan fingerprint density at radius 3 is 3.07 bits per heavy atom. The third-order valence-corrected chi connectivity index (χ3v) is 1.95. The van der Waals surface area contributed by atoms with Gasteiger partial charge in [0.1, 0.15) is 11.3 Å². The van der Waals surface area contributed by atoms with Crippen molar-refractivity contribution in [2.75, 3.05) is 0 Å². The number of carboxylic acid groups (broad SMARTS) is 1. The molecule has 0 saturated carbocycles. The zero-order valence-electron chi connectivity index (χ0n) is 7.12. The minimum Gasteiger partial charge on any atom is -0.481 e. The number of halogens is 1. The third-order valence-electron chi connectivity index (χ3n) is 1.95. The Hall–Kier alpha value is -1.91. The van der Waals surface area contributed by atoms with Crippen LogP contribution in [-0.2, 0) is 11.2 Å². The number of benzene rings is 1. The van der Waals surface area contributed by atoms with E-state index in [0.29, 0.717) is 11.1 Å². The fraction of sp³-hybridized carbons (Fsp3) is 0.111. The van der Waals surface area contributed by atoms with Crippen LogP contribution in [0.25, 0.3) is 11.0 Å². The van der Waals surface area contributed by atoms with Crippen LogP contribution in [0, 0.1) is 5.82 Å². The van der Waals surface area contributed by atoms with Crippen molar-refractivity contribution in [3.8, 4) is 0 Å². The molecule has 0 fully saturated rings. The van der Waals surface area contributed by atoms with Crippen molar-refractivity contribution in [1.82, 2.24) is 9.97 Å². The van der Waals surface area contributed by atoms with Crippen molar-refractivity contribution in [2.45, 2.75) is 6.42 Å². The molecule has 72 valence electrons. The summed E-state index contributed by atoms with van der Waals surface area (Å²) in [4.78, 5) is 17.0. The zero-order valence-corrected chi connectivity index (χ0v) is 7.12. The molecule has 2 N–H and O–H groups in total. The lowest BCUT2D eigenvalue weighted by Gasteiger charge is -1.98. The Kier molecular flexibility index (Phi) is 1.92. The van der Waals surface area contributed by atoms with Gasteiger partial charge in [0.2, 0.25) is 0 Å². The first kappa shape index (κ1) is 8.68. The zero-order chi connectivity index (χ0) is 10.1. The predicted molar refractivity (Wildman–Crippen MR) is 47.4 cm³/mol. The Bertz CT molecular complexity index is 493. The first-order valence-electron chi connectivity index (χ1n) is 4.00. The summed E-state index contributed by atoms with van der Waals surface area (Å²) in [5.41, 5.74) is 1.14. The van der Waals surface area contributed by atoms with E-state index in [2.05, 4.69) is 9.97 Å². The van der Waals surface area contributed by atoms with Crippen molar-refractivity contribution in [3.05, 3.63) is 29.8 Å². The van der Waals surface area contributed by atoms with Crippen LogP contribution in [0.1, 0.15) is 5.56 Å². The molecule has 0 unspecified atom stereocenters. The number of rotatable bonds is 2. The second-order valence-electron chi connectivity index (χ2n) is 2.90. The summed E-state index contributed by atoms with van der Waals surface area (Å²) in [6.07, 6.45) is 1.20. The van der Waals surface area contributed by atoms with E-state index in [1.165, 1.54) is 18.5 Å². The van der Waals surface area contributed by atoms with E-state index in [-0.39, 0.29) is 11.9 Å². The van der Waals surface area contributed by atoms with Gasteiger partial charge in [-0.15, -0.1) is 0 Å². The normalized spacial score (nSPS) is 10.6. The highest BCUT2D eigenvalue weighted by Crippen LogP contribution is 2.18. The van der Waals surface area contributed by atoms with Crippen LogP contribution in [-0.4, -0.2) is 21.0 Å². The number of carboxylic acids is 1. The molecule has 0 radical (unpaired) electrons. The highest BCUT2D eigenvalue weighted by Gasteiger charge is 2.10. The second kappa shape index (κ2) is 3.10. The second-order valence-corrected chi connectivity index (χ2v) is 2.90. The summed E-state index contributed by atoms with van der Waals surface area (Å²) >= 11 is 0. The molecule has 0 aliphatic heterocycles. The number of hydrogen-bond donors (Lipinski definition) is 2. The minimum absolute atomic E-state index is 0.151. The van der Waals surface area contributed by atoms with E-state index < -0.39 is 11.8 Å². The van der Waals surface area contributed by atoms with E-state index in [1.807, 2.05) is 0 Å². The van der Waals surface area contributed by atoms with Crippen LogP contribution < -0.4 is 0 Å². The quantitative estimate of drug-likeness (QED) is 0.757. The van der Waals surface area contributed by atoms with E-state index in [9.17, 15) is 9.18 Å². The number of carbonyl (C=O) groups is 1. The van der Waals surface area contributed by atoms with Crippen LogP contribution in [0.4, 0.5) is 4.39 Å². The highest BCUT2D eigenvalue weighted by atomic mass is 19.1. The highest BCUT2D eigenvalue weighted by molar-refractivity contribution is 5.83. The average molecular weight is 194 g/mol. The number of aromatic amines is 1. The van der Waals surface area contributed by atoms with Gasteiger partial charge in [-0.1, -0.05) is 6.07 Å². The summed E-state index contributed by atoms with van der Waals surface area (Å²) in [7, 11) is 0. The SMILES string of the molecule is O=C(O)Cc1ccc(F)c2[nH]cnc12. The molecule has 5 heteroatoms. The molecule has 0 spiro atoms. The lowest BCUT2D eigenvalue weighted by molar-refractivity contribution is -0.136. The van der Waals surface area contributed by atoms with E-state index >= 15 is 0 Å². The smallest absolute Gasteiger partial charge is 0.307 e. The van der Waals surface area contributed by atoms with Crippen molar-refractivity contribution in [1.29, 1.82) is 0 Å². The fourth-order valence-electron chi connectivity index (χ4n) is 1.36. The molecule has 0 atom stereocenters. The molecule has 2 aromatic rings. The van der Waals surface area contributed by atoms with E-state index in [1.54, 1.807) is 0 Å². The van der Waals surface area contributed by atoms with Crippen LogP contribution in [0.5, 0.6) is 0 Å². The molecule has 0 bridgehead atoms. The van der Waals surface area contributed by atoms with Crippen molar-refractivity contribution < 1.29 is 14.3 Å². The third kappa shape index (κ3) is 1.32. The molecule has 0 aliphatic carbocycles. The summed E-state index contributed by atoms with van der Waals surface area (Å²) in [6, 6.07) is 2.67. The van der Waals surface area contributed by atoms with Crippen LogP contribution in [0.3, 0.4) is 0 Å². The molecule has 4 nitrogen and oxygen atoms in total. The number of hydrogen-bond acceptors (Lipinski definition) is 2. The van der Waals surface area contributed by atoms with Crippen molar-refractivity contribution >= 4 is 17.0 Å². The summed E-state index contributed by atoms with van der Waals surface area (Å²) in [5, 5.41) is 8.60. The average Bonchev–Trinajstić information content (AvgIpc) is 2.58. The summed E-state index contributed by atoms with van der Waals surface area (Å²) < 4.78 is 13.1. The van der Waals surface area contributed by atoms with E-state index in [4.69, 9.17) is 5.11 Å². The first-order valence-corrected chi connectivity index (χ1v) is 4.00. The van der Waals surface area contributed by atoms with Crippen molar-refractivity contribution in [3.63, 3.8) is 0 Å². The molecule has 1 aromatic carbocycles. The van der Waals surface area contributed by atoms with Crippen molar-refractivity contribution in [2.24, 2.45) is 0 Å². The Morgan fingerprint density at radius 1 is 1.57 bits per heavy atom. The van der Waals surface area contributed by atoms with Gasteiger partial charge < -0.3 is 10.1 Å². The summed E-state index contributed by atoms with van der Waals surface area (Å²) in [5.74, 6) is -1.38. The number of nitrogens with zero attached hydrogens (tertiary/aromatic N) is 1. The standard InChI is InChI=1S/C9H7FN2O2/c10-6-2-1-5(3-7(13)14)8-9(6)12-4-11-8/h1-2,4H,3H2,(H,11,12)(H,13,14). The van der Waals surface area contributed by atoms with Gasteiger partial charge in [-0.05, 0) is 11.6 Å². The number of aromatic nitrogens is 2. The van der Waals surface area contributed by atoms with Gasteiger partial charge in [0.05, 0.1) is 18.3 Å². The van der Waals surface area contributed by atoms with Gasteiger partial charge in [-0.3, -0.25) is 4.79 Å². The first-order chi connectivity index (χ1) is 6.68. The van der Waals surface area contributed by atoms with Crippen LogP contribution in [0.15, 0.2) is 18.5 Å². The maximum absolute atomic E-state index is 13.1. The minimum atomic E-state index is -0.957. The van der Waals surface area contributed by atoms with Gasteiger partial charge >= 0.3 is 5.97 Å². The number of fused-ring (bicyclic) bond motifs is 1.